The van der Waals surface area contributed by atoms with E-state index in [1.165, 1.54) is 0 Å². The number of urea groups is 1. The van der Waals surface area contributed by atoms with Gasteiger partial charge in [0, 0.05) is 45.3 Å². The van der Waals surface area contributed by atoms with Gasteiger partial charge in [0.25, 0.3) is 0 Å². The van der Waals surface area contributed by atoms with Gasteiger partial charge in [-0.05, 0) is 45.6 Å². The van der Waals surface area contributed by atoms with Crippen molar-refractivity contribution in [2.75, 3.05) is 46.3 Å². The van der Waals surface area contributed by atoms with Crippen LogP contribution in [0.25, 0.3) is 0 Å². The van der Waals surface area contributed by atoms with Crippen LogP contribution in [0.5, 0.6) is 0 Å². The minimum atomic E-state index is -0.00670. The number of likely N-dealkylation sites (N-methyl/N-ethyl adjacent to an activating group) is 1. The van der Waals surface area contributed by atoms with Gasteiger partial charge >= 0.3 is 6.03 Å². The molecule has 0 aromatic carbocycles. The summed E-state index contributed by atoms with van der Waals surface area (Å²) in [6.45, 7) is 4.92. The fourth-order valence-electron chi connectivity index (χ4n) is 4.27. The molecule has 6 nitrogen and oxygen atoms in total. The summed E-state index contributed by atoms with van der Waals surface area (Å²) >= 11 is 0. The Labute approximate surface area is 139 Å². The second-order valence-electron chi connectivity index (χ2n) is 7.15. The molecule has 0 radical (unpaired) electrons. The summed E-state index contributed by atoms with van der Waals surface area (Å²) < 4.78 is 0. The van der Waals surface area contributed by atoms with Gasteiger partial charge in [-0.2, -0.15) is 0 Å². The number of piperidine rings is 1. The largest absolute Gasteiger partial charge is 0.338 e. The first-order chi connectivity index (χ1) is 11.2. The molecule has 130 valence electrons. The maximum atomic E-state index is 12.9. The van der Waals surface area contributed by atoms with E-state index in [9.17, 15) is 9.59 Å². The normalized spacial score (nSPS) is 28.5. The molecule has 2 atom stereocenters. The van der Waals surface area contributed by atoms with Gasteiger partial charge in [0.1, 0.15) is 0 Å². The van der Waals surface area contributed by atoms with Crippen LogP contribution in [0.15, 0.2) is 0 Å². The molecule has 3 aliphatic rings. The Morgan fingerprint density at radius 2 is 1.65 bits per heavy atom. The Morgan fingerprint density at radius 1 is 0.957 bits per heavy atom. The van der Waals surface area contributed by atoms with Crippen molar-refractivity contribution >= 4 is 11.9 Å². The third-order valence-electron chi connectivity index (χ3n) is 5.52. The Kier molecular flexibility index (Phi) is 5.41. The molecule has 3 rings (SSSR count). The summed E-state index contributed by atoms with van der Waals surface area (Å²) in [5.41, 5.74) is 0. The highest BCUT2D eigenvalue weighted by atomic mass is 16.2. The second-order valence-corrected chi connectivity index (χ2v) is 7.15. The monoisotopic (exact) mass is 322 g/mol. The molecule has 1 N–H and O–H groups in total. The fourth-order valence-corrected chi connectivity index (χ4v) is 4.27. The lowest BCUT2D eigenvalue weighted by atomic mass is 9.96. The number of hydrogen-bond acceptors (Lipinski definition) is 3. The van der Waals surface area contributed by atoms with E-state index in [1.54, 1.807) is 0 Å². The van der Waals surface area contributed by atoms with Crippen molar-refractivity contribution in [3.05, 3.63) is 0 Å². The zero-order valence-corrected chi connectivity index (χ0v) is 14.3. The molecule has 6 heteroatoms. The number of nitrogens with zero attached hydrogens (tertiary/aromatic N) is 3. The highest BCUT2D eigenvalue weighted by molar-refractivity contribution is 5.81. The number of hydrogen-bond donors (Lipinski definition) is 1. The Bertz CT molecular complexity index is 436. The van der Waals surface area contributed by atoms with E-state index in [0.717, 1.165) is 71.2 Å². The molecule has 3 saturated heterocycles. The molecular formula is C17H30N4O2. The molecule has 0 bridgehead atoms. The van der Waals surface area contributed by atoms with Gasteiger partial charge in [-0.25, -0.2) is 4.79 Å². The van der Waals surface area contributed by atoms with Crippen LogP contribution in [-0.4, -0.2) is 79.0 Å². The van der Waals surface area contributed by atoms with Gasteiger partial charge in [-0.1, -0.05) is 0 Å². The van der Waals surface area contributed by atoms with E-state index in [1.807, 2.05) is 16.8 Å². The van der Waals surface area contributed by atoms with Crippen LogP contribution in [0.2, 0.25) is 0 Å². The van der Waals surface area contributed by atoms with Crippen LogP contribution in [0, 0.1) is 5.92 Å². The highest BCUT2D eigenvalue weighted by Gasteiger charge is 2.36. The average Bonchev–Trinajstić information content (AvgIpc) is 3.26. The summed E-state index contributed by atoms with van der Waals surface area (Å²) in [5, 5.41) is 3.20. The summed E-state index contributed by atoms with van der Waals surface area (Å²) in [7, 11) is 1.94. The maximum Gasteiger partial charge on any atom is 0.320 e. The summed E-state index contributed by atoms with van der Waals surface area (Å²) in [6, 6.07) is 0.477. The molecule has 3 aliphatic heterocycles. The van der Waals surface area contributed by atoms with Gasteiger partial charge in [-0.15, -0.1) is 0 Å². The van der Waals surface area contributed by atoms with Crippen LogP contribution in [-0.2, 0) is 4.79 Å². The lowest BCUT2D eigenvalue weighted by Crippen LogP contribution is -2.51. The Balaban J connectivity index is 1.59. The number of likely N-dealkylation sites (tertiary alicyclic amines) is 3. The zero-order valence-electron chi connectivity index (χ0n) is 14.3. The third kappa shape index (κ3) is 3.62. The smallest absolute Gasteiger partial charge is 0.320 e. The average molecular weight is 322 g/mol. The molecule has 0 aliphatic carbocycles. The van der Waals surface area contributed by atoms with Crippen molar-refractivity contribution < 1.29 is 9.59 Å². The zero-order chi connectivity index (χ0) is 16.2. The van der Waals surface area contributed by atoms with E-state index in [-0.39, 0.29) is 17.9 Å². The summed E-state index contributed by atoms with van der Waals surface area (Å²) in [4.78, 5) is 31.4. The minimum Gasteiger partial charge on any atom is -0.338 e. The van der Waals surface area contributed by atoms with E-state index in [0.29, 0.717) is 12.6 Å². The number of nitrogens with one attached hydrogen (secondary N) is 1. The standard InChI is InChI=1S/C17H30N4O2/c1-18-12-15-7-5-11-21(15)16(22)14-6-4-10-20(13-14)17(23)19-8-2-3-9-19/h14-15,18H,2-13H2,1H3. The molecule has 3 amide bonds. The van der Waals surface area contributed by atoms with E-state index in [4.69, 9.17) is 0 Å². The lowest BCUT2D eigenvalue weighted by molar-refractivity contribution is -0.137. The predicted octanol–water partition coefficient (Wildman–Crippen LogP) is 1.12. The van der Waals surface area contributed by atoms with Crippen LogP contribution in [0.3, 0.4) is 0 Å². The van der Waals surface area contributed by atoms with E-state index < -0.39 is 0 Å². The SMILES string of the molecule is CNCC1CCCN1C(=O)C1CCCN(C(=O)N2CCCC2)C1. The summed E-state index contributed by atoms with van der Waals surface area (Å²) in [5.74, 6) is 0.259. The van der Waals surface area contributed by atoms with Crippen molar-refractivity contribution in [1.29, 1.82) is 0 Å². The van der Waals surface area contributed by atoms with Crippen LogP contribution in [0.1, 0.15) is 38.5 Å². The number of carbonyl (C=O) groups is 2. The summed E-state index contributed by atoms with van der Waals surface area (Å²) in [6.07, 6.45) is 6.28. The highest BCUT2D eigenvalue weighted by Crippen LogP contribution is 2.25. The Morgan fingerprint density at radius 3 is 2.39 bits per heavy atom. The van der Waals surface area contributed by atoms with E-state index in [2.05, 4.69) is 10.2 Å². The van der Waals surface area contributed by atoms with Gasteiger partial charge < -0.3 is 20.0 Å². The van der Waals surface area contributed by atoms with Gasteiger partial charge in [0.05, 0.1) is 5.92 Å². The fraction of sp³-hybridized carbons (Fsp3) is 0.882. The first kappa shape index (κ1) is 16.6. The molecule has 23 heavy (non-hydrogen) atoms. The topological polar surface area (TPSA) is 55.9 Å². The number of rotatable bonds is 3. The first-order valence-electron chi connectivity index (χ1n) is 9.19. The van der Waals surface area contributed by atoms with Gasteiger partial charge in [0.15, 0.2) is 0 Å². The molecule has 0 saturated carbocycles. The molecule has 0 aromatic rings. The maximum absolute atomic E-state index is 12.9. The van der Waals surface area contributed by atoms with Crippen molar-refractivity contribution in [3.63, 3.8) is 0 Å². The van der Waals surface area contributed by atoms with Crippen LogP contribution >= 0.6 is 0 Å². The number of carbonyl (C=O) groups excluding carboxylic acids is 2. The van der Waals surface area contributed by atoms with Gasteiger partial charge in [0.2, 0.25) is 5.91 Å². The van der Waals surface area contributed by atoms with Crippen molar-refractivity contribution in [2.45, 2.75) is 44.6 Å². The number of amides is 3. The quantitative estimate of drug-likeness (QED) is 0.847. The van der Waals surface area contributed by atoms with Crippen molar-refractivity contribution in [1.82, 2.24) is 20.0 Å². The van der Waals surface area contributed by atoms with Gasteiger partial charge in [-0.3, -0.25) is 4.79 Å². The Hall–Kier alpha value is -1.30. The van der Waals surface area contributed by atoms with Crippen LogP contribution < -0.4 is 5.32 Å². The lowest BCUT2D eigenvalue weighted by Gasteiger charge is -2.37. The molecule has 0 spiro atoms. The first-order valence-corrected chi connectivity index (χ1v) is 9.19. The molecule has 3 heterocycles. The van der Waals surface area contributed by atoms with Crippen molar-refractivity contribution in [2.24, 2.45) is 5.92 Å². The minimum absolute atomic E-state index is 0.00670. The third-order valence-corrected chi connectivity index (χ3v) is 5.52. The molecule has 2 unspecified atom stereocenters. The predicted molar refractivity (Wildman–Crippen MR) is 89.2 cm³/mol. The second kappa shape index (κ2) is 7.51. The molecule has 3 fully saturated rings. The molecular weight excluding hydrogens is 292 g/mol. The van der Waals surface area contributed by atoms with E-state index >= 15 is 0 Å². The molecule has 0 aromatic heterocycles. The van der Waals surface area contributed by atoms with Crippen LogP contribution in [0.4, 0.5) is 4.79 Å². The van der Waals surface area contributed by atoms with Crippen molar-refractivity contribution in [3.8, 4) is 0 Å².